The normalized spacial score (nSPS) is 23.0. The molecule has 3 rings (SSSR count). The molecule has 26 heavy (non-hydrogen) atoms. The van der Waals surface area contributed by atoms with Crippen molar-refractivity contribution in [1.82, 2.24) is 4.31 Å². The van der Waals surface area contributed by atoms with Crippen LogP contribution in [0.15, 0.2) is 58.3 Å². The highest BCUT2D eigenvalue weighted by Gasteiger charge is 2.53. The van der Waals surface area contributed by atoms with Gasteiger partial charge in [0.2, 0.25) is 10.0 Å². The molecule has 0 radical (unpaired) electrons. The van der Waals surface area contributed by atoms with E-state index in [1.165, 1.54) is 16.4 Å². The number of benzene rings is 2. The van der Waals surface area contributed by atoms with Gasteiger partial charge in [-0.1, -0.05) is 35.4 Å². The van der Waals surface area contributed by atoms with E-state index in [2.05, 4.69) is 0 Å². The van der Waals surface area contributed by atoms with Crippen LogP contribution in [0.1, 0.15) is 18.1 Å². The molecule has 1 aliphatic heterocycles. The van der Waals surface area contributed by atoms with Crippen LogP contribution >= 0.6 is 0 Å². The molecule has 1 fully saturated rings. The third-order valence-corrected chi connectivity index (χ3v) is 7.82. The van der Waals surface area contributed by atoms with Crippen LogP contribution in [0.25, 0.3) is 0 Å². The Hall–Kier alpha value is -1.74. The first-order valence-corrected chi connectivity index (χ1v) is 11.0. The smallest absolute Gasteiger partial charge is 0.265 e. The third-order valence-electron chi connectivity index (χ3n) is 4.50. The van der Waals surface area contributed by atoms with Crippen LogP contribution in [0.4, 0.5) is 0 Å². The van der Waals surface area contributed by atoms with Gasteiger partial charge in [-0.3, -0.25) is 4.18 Å². The Morgan fingerprint density at radius 2 is 1.31 bits per heavy atom. The molecule has 0 saturated carbocycles. The fourth-order valence-electron chi connectivity index (χ4n) is 2.76. The van der Waals surface area contributed by atoms with E-state index in [0.29, 0.717) is 0 Å². The Labute approximate surface area is 154 Å². The highest BCUT2D eigenvalue weighted by Crippen LogP contribution is 2.36. The molecule has 2 aromatic carbocycles. The van der Waals surface area contributed by atoms with Crippen molar-refractivity contribution in [2.24, 2.45) is 0 Å². The van der Waals surface area contributed by atoms with Gasteiger partial charge >= 0.3 is 0 Å². The summed E-state index contributed by atoms with van der Waals surface area (Å²) in [5.74, 6) is 0. The summed E-state index contributed by atoms with van der Waals surface area (Å²) >= 11 is 0. The predicted octanol–water partition coefficient (Wildman–Crippen LogP) is 2.47. The van der Waals surface area contributed by atoms with Crippen LogP contribution in [-0.4, -0.2) is 39.8 Å². The third kappa shape index (κ3) is 3.68. The number of hydrogen-bond donors (Lipinski definition) is 0. The van der Waals surface area contributed by atoms with Crippen LogP contribution < -0.4 is 0 Å². The van der Waals surface area contributed by atoms with Gasteiger partial charge in [-0.25, -0.2) is 8.42 Å². The first kappa shape index (κ1) is 19.0. The Morgan fingerprint density at radius 3 is 1.81 bits per heavy atom. The van der Waals surface area contributed by atoms with Gasteiger partial charge in [-0.2, -0.15) is 12.7 Å². The van der Waals surface area contributed by atoms with E-state index < -0.39 is 26.2 Å². The van der Waals surface area contributed by atoms with Crippen molar-refractivity contribution in [2.75, 3.05) is 6.61 Å². The molecule has 3 atom stereocenters. The maximum absolute atomic E-state index is 12.7. The van der Waals surface area contributed by atoms with Gasteiger partial charge in [0.15, 0.2) is 0 Å². The van der Waals surface area contributed by atoms with Crippen molar-refractivity contribution in [2.45, 2.75) is 42.6 Å². The fourth-order valence-corrected chi connectivity index (χ4v) is 5.52. The van der Waals surface area contributed by atoms with Crippen molar-refractivity contribution in [1.29, 1.82) is 0 Å². The number of hydrogen-bond acceptors (Lipinski definition) is 5. The number of aryl methyl sites for hydroxylation is 2. The van der Waals surface area contributed by atoms with Crippen molar-refractivity contribution in [3.63, 3.8) is 0 Å². The van der Waals surface area contributed by atoms with Crippen LogP contribution in [0.5, 0.6) is 0 Å². The first-order chi connectivity index (χ1) is 12.1. The van der Waals surface area contributed by atoms with Crippen LogP contribution in [0.3, 0.4) is 0 Å². The van der Waals surface area contributed by atoms with E-state index >= 15 is 0 Å². The number of nitrogens with zero attached hydrogens (tertiary/aromatic N) is 1. The molecule has 1 aliphatic rings. The van der Waals surface area contributed by atoms with Gasteiger partial charge in [0, 0.05) is 6.04 Å². The van der Waals surface area contributed by atoms with Gasteiger partial charge in [0.25, 0.3) is 10.1 Å². The van der Waals surface area contributed by atoms with E-state index in [4.69, 9.17) is 4.18 Å². The van der Waals surface area contributed by atoms with Crippen LogP contribution in [0, 0.1) is 13.8 Å². The highest BCUT2D eigenvalue weighted by atomic mass is 32.2. The van der Waals surface area contributed by atoms with Crippen molar-refractivity contribution in [3.8, 4) is 0 Å². The minimum Gasteiger partial charge on any atom is -0.265 e. The maximum Gasteiger partial charge on any atom is 0.297 e. The maximum atomic E-state index is 12.7. The lowest BCUT2D eigenvalue weighted by atomic mass is 10.2. The zero-order valence-corrected chi connectivity index (χ0v) is 16.4. The van der Waals surface area contributed by atoms with E-state index in [1.54, 1.807) is 43.3 Å². The molecule has 1 unspecified atom stereocenters. The molecule has 0 amide bonds. The summed E-state index contributed by atoms with van der Waals surface area (Å²) in [6, 6.07) is 12.1. The lowest BCUT2D eigenvalue weighted by molar-refractivity contribution is 0.310. The highest BCUT2D eigenvalue weighted by molar-refractivity contribution is 7.89. The molecule has 6 nitrogen and oxygen atoms in total. The molecule has 0 aromatic heterocycles. The summed E-state index contributed by atoms with van der Waals surface area (Å²) in [6.07, 6.45) is 0. The molecule has 0 aliphatic carbocycles. The molecule has 1 heterocycles. The van der Waals surface area contributed by atoms with Gasteiger partial charge in [0.05, 0.1) is 22.4 Å². The second kappa shape index (κ2) is 6.77. The lowest BCUT2D eigenvalue weighted by Crippen LogP contribution is -2.19. The van der Waals surface area contributed by atoms with Crippen LogP contribution in [-0.2, 0) is 24.3 Å². The molecular formula is C18H21NO5S2. The molecule has 0 N–H and O–H groups in total. The second-order valence-corrected chi connectivity index (χ2v) is 9.97. The molecule has 8 heteroatoms. The van der Waals surface area contributed by atoms with Gasteiger partial charge in [-0.05, 0) is 45.0 Å². The van der Waals surface area contributed by atoms with E-state index in [0.717, 1.165) is 11.1 Å². The first-order valence-electron chi connectivity index (χ1n) is 8.19. The summed E-state index contributed by atoms with van der Waals surface area (Å²) in [5.41, 5.74) is 1.90. The summed E-state index contributed by atoms with van der Waals surface area (Å²) < 4.78 is 56.2. The molecule has 1 saturated heterocycles. The van der Waals surface area contributed by atoms with Crippen molar-refractivity contribution < 1.29 is 21.0 Å². The van der Waals surface area contributed by atoms with E-state index in [-0.39, 0.29) is 22.4 Å². The molecule has 140 valence electrons. The molecule has 2 aromatic rings. The average molecular weight is 396 g/mol. The predicted molar refractivity (Wildman–Crippen MR) is 97.8 cm³/mol. The molecule has 0 spiro atoms. The minimum atomic E-state index is -3.92. The zero-order chi connectivity index (χ0) is 19.1. The Morgan fingerprint density at radius 1 is 0.846 bits per heavy atom. The van der Waals surface area contributed by atoms with Gasteiger partial charge in [0.1, 0.15) is 0 Å². The zero-order valence-electron chi connectivity index (χ0n) is 14.8. The molecule has 0 bridgehead atoms. The summed E-state index contributed by atoms with van der Waals surface area (Å²) in [5, 5.41) is 0. The van der Waals surface area contributed by atoms with E-state index in [1.807, 2.05) is 13.8 Å². The standard InChI is InChI=1S/C18H21NO5S2/c1-13-4-8-16(9-5-13)25(20,21)19-15(3)18(19)12-24-26(22,23)17-10-6-14(2)7-11-17/h4-11,15,18H,12H2,1-3H3/t15-,18+,19?/m0/s1. The van der Waals surface area contributed by atoms with Crippen molar-refractivity contribution in [3.05, 3.63) is 59.7 Å². The quantitative estimate of drug-likeness (QED) is 0.554. The minimum absolute atomic E-state index is 0.0596. The van der Waals surface area contributed by atoms with Crippen molar-refractivity contribution >= 4 is 20.1 Å². The summed E-state index contributed by atoms with van der Waals surface area (Å²) in [4.78, 5) is 0.253. The average Bonchev–Trinajstić information content (AvgIpc) is 3.25. The van der Waals surface area contributed by atoms with E-state index in [9.17, 15) is 16.8 Å². The Balaban J connectivity index is 1.70. The largest absolute Gasteiger partial charge is 0.297 e. The van der Waals surface area contributed by atoms with Gasteiger partial charge in [-0.15, -0.1) is 0 Å². The lowest BCUT2D eigenvalue weighted by Gasteiger charge is -2.08. The topological polar surface area (TPSA) is 80.5 Å². The number of rotatable bonds is 6. The van der Waals surface area contributed by atoms with Gasteiger partial charge < -0.3 is 0 Å². The molecular weight excluding hydrogens is 374 g/mol. The fraction of sp³-hybridized carbons (Fsp3) is 0.333. The monoisotopic (exact) mass is 395 g/mol. The summed E-state index contributed by atoms with van der Waals surface area (Å²) in [7, 11) is -7.58. The SMILES string of the molecule is Cc1ccc(S(=O)(=O)OC[C@@H]2[C@H](C)N2S(=O)(=O)c2ccc(C)cc2)cc1. The second-order valence-electron chi connectivity index (χ2n) is 6.51. The van der Waals surface area contributed by atoms with Crippen LogP contribution in [0.2, 0.25) is 0 Å². The Bertz CT molecular complexity index is 997. The Kier molecular flexibility index (Phi) is 4.96. The number of sulfonamides is 1. The summed E-state index contributed by atoms with van der Waals surface area (Å²) in [6.45, 7) is 5.26.